The van der Waals surface area contributed by atoms with Crippen LogP contribution < -0.4 is 5.32 Å². The second kappa shape index (κ2) is 6.88. The van der Waals surface area contributed by atoms with Crippen LogP contribution in [-0.4, -0.2) is 28.6 Å². The first kappa shape index (κ1) is 15.9. The van der Waals surface area contributed by atoms with E-state index in [0.717, 1.165) is 12.1 Å². The number of carboxylic acids is 1. The van der Waals surface area contributed by atoms with Crippen molar-refractivity contribution in [3.05, 3.63) is 29.6 Å². The predicted octanol–water partition coefficient (Wildman–Crippen LogP) is 2.01. The summed E-state index contributed by atoms with van der Waals surface area (Å²) < 4.78 is 13.5. The van der Waals surface area contributed by atoms with Crippen molar-refractivity contribution < 1.29 is 24.2 Å². The van der Waals surface area contributed by atoms with Crippen molar-refractivity contribution >= 4 is 11.9 Å². The number of rotatable bonds is 6. The van der Waals surface area contributed by atoms with Crippen LogP contribution in [0, 0.1) is 17.7 Å². The molecule has 1 unspecified atom stereocenters. The molecule has 0 heterocycles. The standard InChI is InChI=1S/C14H18FNO4/c1-8(2)5-9(14(19)20)7-16-13(18)11-4-3-10(17)6-12(11)15/h3-4,6,8-9,17H,5,7H2,1-2H3,(H,16,18)(H,19,20). The number of carbonyl (C=O) groups is 2. The molecule has 0 spiro atoms. The molecule has 0 saturated carbocycles. The number of hydrogen-bond donors (Lipinski definition) is 3. The Balaban J connectivity index is 2.68. The van der Waals surface area contributed by atoms with E-state index >= 15 is 0 Å². The molecule has 0 radical (unpaired) electrons. The molecule has 6 heteroatoms. The van der Waals surface area contributed by atoms with E-state index in [-0.39, 0.29) is 23.8 Å². The minimum absolute atomic E-state index is 0.0628. The quantitative estimate of drug-likeness (QED) is 0.745. The van der Waals surface area contributed by atoms with E-state index < -0.39 is 23.6 Å². The van der Waals surface area contributed by atoms with Gasteiger partial charge in [0.1, 0.15) is 11.6 Å². The smallest absolute Gasteiger partial charge is 0.308 e. The molecule has 0 aromatic heterocycles. The van der Waals surface area contributed by atoms with Gasteiger partial charge in [0.15, 0.2) is 0 Å². The van der Waals surface area contributed by atoms with Gasteiger partial charge in [-0.2, -0.15) is 0 Å². The first-order chi connectivity index (χ1) is 9.31. The van der Waals surface area contributed by atoms with Crippen LogP contribution in [0.5, 0.6) is 5.75 Å². The van der Waals surface area contributed by atoms with E-state index in [2.05, 4.69) is 5.32 Å². The molecular formula is C14H18FNO4. The monoisotopic (exact) mass is 283 g/mol. The van der Waals surface area contributed by atoms with E-state index in [1.807, 2.05) is 13.8 Å². The van der Waals surface area contributed by atoms with Gasteiger partial charge in [0.25, 0.3) is 5.91 Å². The molecular weight excluding hydrogens is 265 g/mol. The lowest BCUT2D eigenvalue weighted by Gasteiger charge is -2.15. The van der Waals surface area contributed by atoms with Gasteiger partial charge in [0, 0.05) is 12.6 Å². The van der Waals surface area contributed by atoms with E-state index in [9.17, 15) is 14.0 Å². The Kier molecular flexibility index (Phi) is 5.49. The molecule has 0 fully saturated rings. The lowest BCUT2D eigenvalue weighted by Crippen LogP contribution is -2.34. The SMILES string of the molecule is CC(C)CC(CNC(=O)c1ccc(O)cc1F)C(=O)O. The van der Waals surface area contributed by atoms with Gasteiger partial charge >= 0.3 is 5.97 Å². The third kappa shape index (κ3) is 4.53. The first-order valence-corrected chi connectivity index (χ1v) is 6.30. The van der Waals surface area contributed by atoms with Crippen LogP contribution in [0.2, 0.25) is 0 Å². The van der Waals surface area contributed by atoms with Crippen molar-refractivity contribution in [2.45, 2.75) is 20.3 Å². The summed E-state index contributed by atoms with van der Waals surface area (Å²) >= 11 is 0. The normalized spacial score (nSPS) is 12.2. The fraction of sp³-hybridized carbons (Fsp3) is 0.429. The maximum absolute atomic E-state index is 13.5. The molecule has 3 N–H and O–H groups in total. The van der Waals surface area contributed by atoms with E-state index in [1.54, 1.807) is 0 Å². The number of carboxylic acid groups (broad SMARTS) is 1. The van der Waals surface area contributed by atoms with Crippen LogP contribution >= 0.6 is 0 Å². The second-order valence-corrected chi connectivity index (χ2v) is 5.04. The molecule has 20 heavy (non-hydrogen) atoms. The maximum Gasteiger partial charge on any atom is 0.308 e. The fourth-order valence-electron chi connectivity index (χ4n) is 1.84. The summed E-state index contributed by atoms with van der Waals surface area (Å²) in [6, 6.07) is 3.18. The van der Waals surface area contributed by atoms with Crippen molar-refractivity contribution in [3.8, 4) is 5.75 Å². The van der Waals surface area contributed by atoms with Gasteiger partial charge in [-0.15, -0.1) is 0 Å². The van der Waals surface area contributed by atoms with Gasteiger partial charge in [-0.25, -0.2) is 4.39 Å². The zero-order valence-corrected chi connectivity index (χ0v) is 11.4. The van der Waals surface area contributed by atoms with Crippen molar-refractivity contribution in [3.63, 3.8) is 0 Å². The minimum Gasteiger partial charge on any atom is -0.508 e. The summed E-state index contributed by atoms with van der Waals surface area (Å²) in [5.74, 6) is -3.35. The van der Waals surface area contributed by atoms with Crippen LogP contribution in [-0.2, 0) is 4.79 Å². The summed E-state index contributed by atoms with van der Waals surface area (Å²) in [5.41, 5.74) is -0.225. The minimum atomic E-state index is -0.995. The van der Waals surface area contributed by atoms with Crippen molar-refractivity contribution in [2.75, 3.05) is 6.54 Å². The molecule has 1 amide bonds. The van der Waals surface area contributed by atoms with E-state index in [4.69, 9.17) is 10.2 Å². The summed E-state index contributed by atoms with van der Waals surface area (Å²) in [5, 5.41) is 20.5. The largest absolute Gasteiger partial charge is 0.508 e. The number of hydrogen-bond acceptors (Lipinski definition) is 3. The highest BCUT2D eigenvalue weighted by atomic mass is 19.1. The van der Waals surface area contributed by atoms with Crippen molar-refractivity contribution in [2.24, 2.45) is 11.8 Å². The molecule has 0 saturated heterocycles. The number of benzene rings is 1. The van der Waals surface area contributed by atoms with Gasteiger partial charge in [-0.1, -0.05) is 13.8 Å². The number of amides is 1. The Bertz CT molecular complexity index is 502. The molecule has 0 aliphatic carbocycles. The Hall–Kier alpha value is -2.11. The highest BCUT2D eigenvalue weighted by molar-refractivity contribution is 5.94. The Morgan fingerprint density at radius 3 is 2.50 bits per heavy atom. The maximum atomic E-state index is 13.5. The van der Waals surface area contributed by atoms with Gasteiger partial charge in [-0.05, 0) is 24.5 Å². The lowest BCUT2D eigenvalue weighted by atomic mass is 9.97. The average molecular weight is 283 g/mol. The zero-order valence-electron chi connectivity index (χ0n) is 11.4. The van der Waals surface area contributed by atoms with Crippen LogP contribution in [0.25, 0.3) is 0 Å². The van der Waals surface area contributed by atoms with Crippen molar-refractivity contribution in [1.29, 1.82) is 0 Å². The number of phenols is 1. The number of phenolic OH excluding ortho intramolecular Hbond substituents is 1. The third-order valence-electron chi connectivity index (χ3n) is 2.81. The van der Waals surface area contributed by atoms with Gasteiger partial charge in [0.05, 0.1) is 11.5 Å². The average Bonchev–Trinajstić information content (AvgIpc) is 2.33. The highest BCUT2D eigenvalue weighted by Gasteiger charge is 2.21. The highest BCUT2D eigenvalue weighted by Crippen LogP contribution is 2.15. The molecule has 0 aliphatic rings. The van der Waals surface area contributed by atoms with Gasteiger partial charge < -0.3 is 15.5 Å². The van der Waals surface area contributed by atoms with E-state index in [0.29, 0.717) is 6.42 Å². The van der Waals surface area contributed by atoms with Gasteiger partial charge in [0.2, 0.25) is 0 Å². The number of aliphatic carboxylic acids is 1. The van der Waals surface area contributed by atoms with Gasteiger partial charge in [-0.3, -0.25) is 9.59 Å². The topological polar surface area (TPSA) is 86.6 Å². The zero-order chi connectivity index (χ0) is 15.3. The summed E-state index contributed by atoms with van der Waals surface area (Å²) in [4.78, 5) is 22.8. The number of carbonyl (C=O) groups excluding carboxylic acids is 1. The molecule has 1 aromatic rings. The molecule has 0 bridgehead atoms. The number of aromatic hydroxyl groups is 1. The summed E-state index contributed by atoms with van der Waals surface area (Å²) in [7, 11) is 0. The lowest BCUT2D eigenvalue weighted by molar-refractivity contribution is -0.142. The molecule has 1 atom stereocenters. The number of nitrogens with one attached hydrogen (secondary N) is 1. The molecule has 5 nitrogen and oxygen atoms in total. The van der Waals surface area contributed by atoms with Crippen molar-refractivity contribution in [1.82, 2.24) is 5.32 Å². The third-order valence-corrected chi connectivity index (χ3v) is 2.81. The predicted molar refractivity (Wildman–Crippen MR) is 71.0 cm³/mol. The van der Waals surface area contributed by atoms with E-state index in [1.165, 1.54) is 6.07 Å². The summed E-state index contributed by atoms with van der Waals surface area (Å²) in [6.07, 6.45) is 0.424. The first-order valence-electron chi connectivity index (χ1n) is 6.30. The van der Waals surface area contributed by atoms with Crippen LogP contribution in [0.3, 0.4) is 0 Å². The van der Waals surface area contributed by atoms with Crippen LogP contribution in [0.1, 0.15) is 30.6 Å². The Labute approximate surface area is 116 Å². The molecule has 1 aromatic carbocycles. The molecule has 1 rings (SSSR count). The number of halogens is 1. The van der Waals surface area contributed by atoms with Crippen LogP contribution in [0.4, 0.5) is 4.39 Å². The molecule has 110 valence electrons. The van der Waals surface area contributed by atoms with Crippen LogP contribution in [0.15, 0.2) is 18.2 Å². The Morgan fingerprint density at radius 2 is 2.00 bits per heavy atom. The molecule has 0 aliphatic heterocycles. The second-order valence-electron chi connectivity index (χ2n) is 5.04. The summed E-state index contributed by atoms with van der Waals surface area (Å²) in [6.45, 7) is 3.71. The Morgan fingerprint density at radius 1 is 1.35 bits per heavy atom. The fourth-order valence-corrected chi connectivity index (χ4v) is 1.84.